The molecule has 0 amide bonds. The van der Waals surface area contributed by atoms with Gasteiger partial charge in [0.05, 0.1) is 6.33 Å². The van der Waals surface area contributed by atoms with Crippen LogP contribution in [0.25, 0.3) is 0 Å². The molecule has 2 heterocycles. The summed E-state index contributed by atoms with van der Waals surface area (Å²) in [5.41, 5.74) is 0. The largest absolute Gasteiger partial charge is 0.480 e. The van der Waals surface area contributed by atoms with Crippen LogP contribution in [0.1, 0.15) is 6.42 Å². The molecule has 1 aliphatic rings. The summed E-state index contributed by atoms with van der Waals surface area (Å²) in [5, 5.41) is 12.2. The number of piperazine rings is 1. The molecule has 94 valence electrons. The van der Waals surface area contributed by atoms with E-state index in [0.29, 0.717) is 6.54 Å². The molecule has 0 spiro atoms. The molecule has 1 atom stereocenters. The van der Waals surface area contributed by atoms with Crippen molar-refractivity contribution in [1.29, 1.82) is 0 Å². The van der Waals surface area contributed by atoms with E-state index in [-0.39, 0.29) is 6.04 Å². The Kier molecular flexibility index (Phi) is 4.11. The molecule has 1 aromatic heterocycles. The molecular formula is C11H18N4O2. The maximum atomic E-state index is 11.1. The van der Waals surface area contributed by atoms with E-state index in [4.69, 9.17) is 5.11 Å². The van der Waals surface area contributed by atoms with Crippen LogP contribution in [0.4, 0.5) is 0 Å². The number of rotatable bonds is 5. The van der Waals surface area contributed by atoms with E-state index in [1.165, 1.54) is 0 Å². The first-order chi connectivity index (χ1) is 8.27. The van der Waals surface area contributed by atoms with Gasteiger partial charge < -0.3 is 15.0 Å². The van der Waals surface area contributed by atoms with Crippen LogP contribution in [0, 0.1) is 0 Å². The molecule has 0 saturated carbocycles. The second kappa shape index (κ2) is 5.79. The van der Waals surface area contributed by atoms with E-state index >= 15 is 0 Å². The average molecular weight is 238 g/mol. The fourth-order valence-electron chi connectivity index (χ4n) is 2.13. The van der Waals surface area contributed by atoms with Crippen molar-refractivity contribution in [3.8, 4) is 0 Å². The Hall–Kier alpha value is -1.40. The Morgan fingerprint density at radius 2 is 2.41 bits per heavy atom. The Bertz CT molecular complexity index is 352. The first-order valence-electron chi connectivity index (χ1n) is 5.90. The van der Waals surface area contributed by atoms with E-state index in [2.05, 4.69) is 10.3 Å². The normalized spacial score (nSPS) is 21.5. The number of aryl methyl sites for hydroxylation is 1. The monoisotopic (exact) mass is 238 g/mol. The van der Waals surface area contributed by atoms with Crippen LogP contribution < -0.4 is 5.32 Å². The number of aliphatic carboxylic acids is 1. The molecule has 0 aromatic carbocycles. The van der Waals surface area contributed by atoms with Crippen LogP contribution in [0.5, 0.6) is 0 Å². The molecule has 1 aliphatic heterocycles. The summed E-state index contributed by atoms with van der Waals surface area (Å²) in [6.45, 7) is 3.92. The zero-order valence-electron chi connectivity index (χ0n) is 9.75. The smallest absolute Gasteiger partial charge is 0.322 e. The molecule has 1 saturated heterocycles. The number of nitrogens with one attached hydrogen (secondary N) is 1. The van der Waals surface area contributed by atoms with Gasteiger partial charge in [-0.05, 0) is 6.42 Å². The zero-order chi connectivity index (χ0) is 12.1. The number of carboxylic acids is 1. The number of hydrogen-bond donors (Lipinski definition) is 2. The van der Waals surface area contributed by atoms with Gasteiger partial charge in [-0.25, -0.2) is 4.98 Å². The average Bonchev–Trinajstić information content (AvgIpc) is 2.82. The fourth-order valence-corrected chi connectivity index (χ4v) is 2.13. The van der Waals surface area contributed by atoms with Crippen LogP contribution in [0.15, 0.2) is 18.7 Å². The van der Waals surface area contributed by atoms with Gasteiger partial charge in [0.25, 0.3) is 0 Å². The highest BCUT2D eigenvalue weighted by Gasteiger charge is 2.27. The minimum Gasteiger partial charge on any atom is -0.480 e. The van der Waals surface area contributed by atoms with Gasteiger partial charge in [0.15, 0.2) is 0 Å². The number of hydrogen-bond acceptors (Lipinski definition) is 4. The quantitative estimate of drug-likeness (QED) is 0.732. The molecule has 2 N–H and O–H groups in total. The molecule has 0 radical (unpaired) electrons. The van der Waals surface area contributed by atoms with E-state index < -0.39 is 5.97 Å². The summed E-state index contributed by atoms with van der Waals surface area (Å²) in [5.74, 6) is -0.736. The van der Waals surface area contributed by atoms with Gasteiger partial charge in [-0.1, -0.05) is 0 Å². The highest BCUT2D eigenvalue weighted by molar-refractivity contribution is 5.73. The summed E-state index contributed by atoms with van der Waals surface area (Å²) in [7, 11) is 0. The van der Waals surface area contributed by atoms with Crippen LogP contribution in [0.2, 0.25) is 0 Å². The van der Waals surface area contributed by atoms with Gasteiger partial charge in [-0.2, -0.15) is 0 Å². The van der Waals surface area contributed by atoms with E-state index in [1.807, 2.05) is 15.7 Å². The van der Waals surface area contributed by atoms with E-state index in [1.54, 1.807) is 12.5 Å². The molecule has 1 aromatic rings. The van der Waals surface area contributed by atoms with Crippen molar-refractivity contribution in [3.05, 3.63) is 18.7 Å². The third kappa shape index (κ3) is 3.28. The second-order valence-electron chi connectivity index (χ2n) is 4.25. The number of carboxylic acid groups (broad SMARTS) is 1. The number of nitrogens with zero attached hydrogens (tertiary/aromatic N) is 3. The summed E-state index contributed by atoms with van der Waals surface area (Å²) < 4.78 is 2.01. The molecular weight excluding hydrogens is 220 g/mol. The van der Waals surface area contributed by atoms with Gasteiger partial charge >= 0.3 is 5.97 Å². The van der Waals surface area contributed by atoms with Crippen LogP contribution in [-0.4, -0.2) is 57.7 Å². The Balaban J connectivity index is 1.78. The molecule has 1 fully saturated rings. The van der Waals surface area contributed by atoms with Gasteiger partial charge in [0.1, 0.15) is 6.04 Å². The summed E-state index contributed by atoms with van der Waals surface area (Å²) in [4.78, 5) is 17.1. The van der Waals surface area contributed by atoms with Crippen molar-refractivity contribution in [1.82, 2.24) is 19.8 Å². The second-order valence-corrected chi connectivity index (χ2v) is 4.25. The van der Waals surface area contributed by atoms with Crippen LogP contribution >= 0.6 is 0 Å². The number of carbonyl (C=O) groups is 1. The predicted octanol–water partition coefficient (Wildman–Crippen LogP) is -0.368. The first-order valence-corrected chi connectivity index (χ1v) is 5.90. The highest BCUT2D eigenvalue weighted by Crippen LogP contribution is 2.05. The van der Waals surface area contributed by atoms with Crippen molar-refractivity contribution in [3.63, 3.8) is 0 Å². The minimum absolute atomic E-state index is 0.383. The molecule has 0 bridgehead atoms. The van der Waals surface area contributed by atoms with Crippen LogP contribution in [0.3, 0.4) is 0 Å². The number of imidazole rings is 1. The Labute approximate surface area is 100 Å². The van der Waals surface area contributed by atoms with Crippen molar-refractivity contribution in [2.45, 2.75) is 19.0 Å². The van der Waals surface area contributed by atoms with Gasteiger partial charge in [-0.3, -0.25) is 9.69 Å². The van der Waals surface area contributed by atoms with Gasteiger partial charge in [0, 0.05) is 45.1 Å². The first kappa shape index (κ1) is 12.1. The van der Waals surface area contributed by atoms with E-state index in [9.17, 15) is 4.79 Å². The lowest BCUT2D eigenvalue weighted by Crippen LogP contribution is -2.55. The Morgan fingerprint density at radius 1 is 1.53 bits per heavy atom. The zero-order valence-corrected chi connectivity index (χ0v) is 9.75. The van der Waals surface area contributed by atoms with Crippen LogP contribution in [-0.2, 0) is 11.3 Å². The lowest BCUT2D eigenvalue weighted by molar-refractivity contribution is -0.143. The van der Waals surface area contributed by atoms with Gasteiger partial charge in [-0.15, -0.1) is 0 Å². The number of aromatic nitrogens is 2. The van der Waals surface area contributed by atoms with Crippen molar-refractivity contribution in [2.24, 2.45) is 0 Å². The maximum Gasteiger partial charge on any atom is 0.322 e. The third-order valence-electron chi connectivity index (χ3n) is 3.06. The molecule has 6 heteroatoms. The predicted molar refractivity (Wildman–Crippen MR) is 62.7 cm³/mol. The summed E-state index contributed by atoms with van der Waals surface area (Å²) >= 11 is 0. The SMILES string of the molecule is O=C(O)C1CNCCN1CCCn1ccnc1. The molecule has 0 aliphatic carbocycles. The summed E-state index contributed by atoms with van der Waals surface area (Å²) in [6.07, 6.45) is 6.41. The summed E-state index contributed by atoms with van der Waals surface area (Å²) in [6, 6.07) is -0.383. The Morgan fingerprint density at radius 3 is 3.12 bits per heavy atom. The third-order valence-corrected chi connectivity index (χ3v) is 3.06. The molecule has 2 rings (SSSR count). The minimum atomic E-state index is -0.736. The van der Waals surface area contributed by atoms with Gasteiger partial charge in [0.2, 0.25) is 0 Å². The fraction of sp³-hybridized carbons (Fsp3) is 0.636. The molecule has 6 nitrogen and oxygen atoms in total. The lowest BCUT2D eigenvalue weighted by atomic mass is 10.2. The topological polar surface area (TPSA) is 70.4 Å². The lowest BCUT2D eigenvalue weighted by Gasteiger charge is -2.33. The van der Waals surface area contributed by atoms with E-state index in [0.717, 1.165) is 32.6 Å². The molecule has 17 heavy (non-hydrogen) atoms. The highest BCUT2D eigenvalue weighted by atomic mass is 16.4. The standard InChI is InChI=1S/C11H18N4O2/c16-11(17)10-8-12-3-7-15(10)5-1-4-14-6-2-13-9-14/h2,6,9-10,12H,1,3-5,7-8H2,(H,16,17). The maximum absolute atomic E-state index is 11.1. The van der Waals surface area contributed by atoms with Crippen molar-refractivity contribution >= 4 is 5.97 Å². The van der Waals surface area contributed by atoms with Crippen molar-refractivity contribution < 1.29 is 9.90 Å². The van der Waals surface area contributed by atoms with Crippen molar-refractivity contribution in [2.75, 3.05) is 26.2 Å². The molecule has 1 unspecified atom stereocenters.